The largest absolute Gasteiger partial charge is 0.419 e. The highest BCUT2D eigenvalue weighted by Gasteiger charge is 2.36. The van der Waals surface area contributed by atoms with Gasteiger partial charge in [-0.3, -0.25) is 0 Å². The Balaban J connectivity index is 1.55. The van der Waals surface area contributed by atoms with E-state index in [1.54, 1.807) is 30.1 Å². The average molecular weight is 455 g/mol. The molecule has 0 aromatic carbocycles. The van der Waals surface area contributed by atoms with Crippen LogP contribution in [0.25, 0.3) is 33.7 Å². The van der Waals surface area contributed by atoms with Crippen LogP contribution in [0.3, 0.4) is 0 Å². The fourth-order valence-electron chi connectivity index (χ4n) is 3.84. The lowest BCUT2D eigenvalue weighted by Gasteiger charge is -2.26. The van der Waals surface area contributed by atoms with Crippen LogP contribution in [0.5, 0.6) is 0 Å². The van der Waals surface area contributed by atoms with Crippen LogP contribution in [0.2, 0.25) is 0 Å². The van der Waals surface area contributed by atoms with Crippen LogP contribution in [0.4, 0.5) is 19.1 Å². The Kier molecular flexibility index (Phi) is 4.99. The van der Waals surface area contributed by atoms with Gasteiger partial charge in [-0.1, -0.05) is 11.8 Å². The van der Waals surface area contributed by atoms with Crippen LogP contribution in [0.1, 0.15) is 18.4 Å². The predicted octanol–water partition coefficient (Wildman–Crippen LogP) is 3.51. The molecule has 1 fully saturated rings. The van der Waals surface area contributed by atoms with Gasteiger partial charge in [0.05, 0.1) is 17.6 Å². The summed E-state index contributed by atoms with van der Waals surface area (Å²) in [4.78, 5) is 15.7. The molecule has 1 aliphatic heterocycles. The first kappa shape index (κ1) is 20.9. The smallest absolute Gasteiger partial charge is 0.387 e. The molecule has 4 aromatic heterocycles. The summed E-state index contributed by atoms with van der Waals surface area (Å²) < 4.78 is 43.0. The van der Waals surface area contributed by atoms with Gasteiger partial charge in [0.2, 0.25) is 5.95 Å². The fraction of sp³-hybridized carbons (Fsp3) is 0.286. The minimum Gasteiger partial charge on any atom is -0.387 e. The van der Waals surface area contributed by atoms with Gasteiger partial charge in [-0.15, -0.1) is 5.10 Å². The van der Waals surface area contributed by atoms with Gasteiger partial charge in [0.1, 0.15) is 16.9 Å². The number of hydrogen-bond donors (Lipinski definition) is 3. The number of nitrogens with zero attached hydrogens (tertiary/aromatic N) is 6. The summed E-state index contributed by atoms with van der Waals surface area (Å²) in [6.07, 6.45) is 0.813. The predicted molar refractivity (Wildman–Crippen MR) is 116 cm³/mol. The number of aromatic nitrogens is 7. The summed E-state index contributed by atoms with van der Waals surface area (Å²) in [5.74, 6) is 0.136. The number of piperidine rings is 1. The standard InChI is InChI=1S/C21H20F3N9/c1-11-3-4-12(7-25-11)29-20-27-9-15(21(22,23)24)18(31-20)14-8-26-19-13(14)5-6-16(30-19)17-10-28-32-33(17)2/h5-6,8-10,12,25H,1,3-4,7H2,2H3,(H,26,30)(H,27,29,31)/t12-/m0/s1. The quantitative estimate of drug-likeness (QED) is 0.432. The first-order valence-corrected chi connectivity index (χ1v) is 10.3. The molecule has 1 aliphatic rings. The van der Waals surface area contributed by atoms with Crippen molar-refractivity contribution < 1.29 is 13.2 Å². The van der Waals surface area contributed by atoms with Crippen molar-refractivity contribution in [2.45, 2.75) is 25.1 Å². The van der Waals surface area contributed by atoms with Crippen molar-refractivity contribution in [3.05, 3.63) is 48.6 Å². The molecule has 3 N–H and O–H groups in total. The molecule has 0 aliphatic carbocycles. The lowest BCUT2D eigenvalue weighted by molar-refractivity contribution is -0.137. The Morgan fingerprint density at radius 1 is 1.21 bits per heavy atom. The molecule has 1 saturated heterocycles. The maximum Gasteiger partial charge on any atom is 0.419 e. The van der Waals surface area contributed by atoms with Crippen LogP contribution in [-0.2, 0) is 13.2 Å². The van der Waals surface area contributed by atoms with Crippen molar-refractivity contribution in [3.63, 3.8) is 0 Å². The highest BCUT2D eigenvalue weighted by Crippen LogP contribution is 2.38. The van der Waals surface area contributed by atoms with Gasteiger partial charge >= 0.3 is 6.18 Å². The number of halogens is 3. The molecule has 33 heavy (non-hydrogen) atoms. The number of aromatic amines is 1. The highest BCUT2D eigenvalue weighted by atomic mass is 19.4. The molecule has 170 valence electrons. The number of alkyl halides is 3. The van der Waals surface area contributed by atoms with Gasteiger partial charge in [0.25, 0.3) is 0 Å². The first-order chi connectivity index (χ1) is 15.8. The number of fused-ring (bicyclic) bond motifs is 1. The number of H-pyrrole nitrogens is 1. The second-order valence-electron chi connectivity index (χ2n) is 7.86. The van der Waals surface area contributed by atoms with E-state index in [-0.39, 0.29) is 17.7 Å². The molecule has 0 unspecified atom stereocenters. The summed E-state index contributed by atoms with van der Waals surface area (Å²) in [7, 11) is 1.73. The number of nitrogens with one attached hydrogen (secondary N) is 3. The maximum absolute atomic E-state index is 13.8. The van der Waals surface area contributed by atoms with E-state index in [0.717, 1.165) is 24.7 Å². The molecule has 0 bridgehead atoms. The van der Waals surface area contributed by atoms with E-state index in [1.807, 2.05) is 0 Å². The summed E-state index contributed by atoms with van der Waals surface area (Å²) in [6.45, 7) is 4.48. The molecule has 4 aromatic rings. The average Bonchev–Trinajstić information content (AvgIpc) is 3.40. The summed E-state index contributed by atoms with van der Waals surface area (Å²) in [6, 6.07) is 3.41. The van der Waals surface area contributed by atoms with Crippen molar-refractivity contribution in [1.82, 2.24) is 40.2 Å². The van der Waals surface area contributed by atoms with Gasteiger partial charge in [0, 0.05) is 48.7 Å². The third-order valence-electron chi connectivity index (χ3n) is 5.59. The Bertz CT molecular complexity index is 1330. The van der Waals surface area contributed by atoms with E-state index < -0.39 is 11.7 Å². The molecular weight excluding hydrogens is 435 g/mol. The maximum atomic E-state index is 13.8. The Hall–Kier alpha value is -3.96. The Labute approximate surface area is 186 Å². The van der Waals surface area contributed by atoms with E-state index in [2.05, 4.69) is 47.5 Å². The first-order valence-electron chi connectivity index (χ1n) is 10.3. The number of aryl methyl sites for hydroxylation is 1. The topological polar surface area (TPSA) is 109 Å². The van der Waals surface area contributed by atoms with E-state index in [4.69, 9.17) is 0 Å². The minimum absolute atomic E-state index is 0.0141. The number of anilines is 1. The molecular formula is C21H20F3N9. The number of allylic oxidation sites excluding steroid dienone is 1. The summed E-state index contributed by atoms with van der Waals surface area (Å²) in [5.41, 5.74) is 1.81. The van der Waals surface area contributed by atoms with Gasteiger partial charge < -0.3 is 15.6 Å². The SMILES string of the molecule is C=C1CC[C@H](Nc2ncc(C(F)(F)F)c(-c3c[nH]c4nc(-c5cnnn5C)ccc34)n2)CN1. The second-order valence-corrected chi connectivity index (χ2v) is 7.86. The molecule has 0 saturated carbocycles. The van der Waals surface area contributed by atoms with Gasteiger partial charge in [-0.25, -0.2) is 19.6 Å². The molecule has 5 rings (SSSR count). The normalized spacial score (nSPS) is 16.7. The number of pyridine rings is 1. The summed E-state index contributed by atoms with van der Waals surface area (Å²) >= 11 is 0. The van der Waals surface area contributed by atoms with Crippen LogP contribution in [0, 0.1) is 0 Å². The van der Waals surface area contributed by atoms with Crippen molar-refractivity contribution >= 4 is 17.0 Å². The fourth-order valence-corrected chi connectivity index (χ4v) is 3.84. The molecule has 0 amide bonds. The molecule has 0 radical (unpaired) electrons. The van der Waals surface area contributed by atoms with E-state index >= 15 is 0 Å². The van der Waals surface area contributed by atoms with Crippen LogP contribution in [0.15, 0.2) is 43.0 Å². The molecule has 12 heteroatoms. The van der Waals surface area contributed by atoms with E-state index in [1.165, 1.54) is 6.20 Å². The van der Waals surface area contributed by atoms with Crippen molar-refractivity contribution in [2.75, 3.05) is 11.9 Å². The number of rotatable bonds is 4. The summed E-state index contributed by atoms with van der Waals surface area (Å²) in [5, 5.41) is 14.5. The van der Waals surface area contributed by atoms with Crippen molar-refractivity contribution in [2.24, 2.45) is 7.05 Å². The molecule has 1 atom stereocenters. The zero-order valence-corrected chi connectivity index (χ0v) is 17.6. The van der Waals surface area contributed by atoms with Crippen molar-refractivity contribution in [3.8, 4) is 22.6 Å². The Morgan fingerprint density at radius 3 is 2.76 bits per heavy atom. The molecule has 0 spiro atoms. The third-order valence-corrected chi connectivity index (χ3v) is 5.59. The monoisotopic (exact) mass is 455 g/mol. The zero-order chi connectivity index (χ0) is 23.2. The lowest BCUT2D eigenvalue weighted by Crippen LogP contribution is -2.37. The lowest BCUT2D eigenvalue weighted by atomic mass is 10.1. The van der Waals surface area contributed by atoms with E-state index in [0.29, 0.717) is 34.5 Å². The van der Waals surface area contributed by atoms with Crippen LogP contribution >= 0.6 is 0 Å². The molecule has 9 nitrogen and oxygen atoms in total. The Morgan fingerprint density at radius 2 is 2.06 bits per heavy atom. The van der Waals surface area contributed by atoms with Crippen LogP contribution in [-0.4, -0.2) is 47.5 Å². The zero-order valence-electron chi connectivity index (χ0n) is 17.6. The van der Waals surface area contributed by atoms with Gasteiger partial charge in [-0.05, 0) is 25.0 Å². The van der Waals surface area contributed by atoms with Gasteiger partial charge in [0.15, 0.2) is 0 Å². The number of hydrogen-bond acceptors (Lipinski definition) is 7. The highest BCUT2D eigenvalue weighted by molar-refractivity contribution is 5.94. The van der Waals surface area contributed by atoms with Crippen LogP contribution < -0.4 is 10.6 Å². The third kappa shape index (κ3) is 3.99. The second kappa shape index (κ2) is 7.87. The molecule has 5 heterocycles. The minimum atomic E-state index is -4.62. The van der Waals surface area contributed by atoms with Crippen molar-refractivity contribution in [1.29, 1.82) is 0 Å². The van der Waals surface area contributed by atoms with E-state index in [9.17, 15) is 13.2 Å². The van der Waals surface area contributed by atoms with Gasteiger partial charge in [-0.2, -0.15) is 13.2 Å².